The van der Waals surface area contributed by atoms with Crippen LogP contribution in [0, 0.1) is 0 Å². The molecule has 1 aromatic carbocycles. The summed E-state index contributed by atoms with van der Waals surface area (Å²) in [6.45, 7) is 10.1. The van der Waals surface area contributed by atoms with Gasteiger partial charge >= 0.3 is 5.69 Å². The number of hydrogen-bond donors (Lipinski definition) is 1. The van der Waals surface area contributed by atoms with Crippen molar-refractivity contribution in [3.05, 3.63) is 47.1 Å². The normalized spacial score (nSPS) is 21.1. The highest BCUT2D eigenvalue weighted by atomic mass is 16.1. The van der Waals surface area contributed by atoms with E-state index < -0.39 is 0 Å². The van der Waals surface area contributed by atoms with Crippen LogP contribution in [-0.4, -0.2) is 51.7 Å². The Morgan fingerprint density at radius 3 is 2.43 bits per heavy atom. The molecule has 6 nitrogen and oxygen atoms in total. The average molecular weight is 412 g/mol. The quantitative estimate of drug-likeness (QED) is 0.708. The number of aromatic nitrogens is 2. The first-order valence-electron chi connectivity index (χ1n) is 11.8. The Morgan fingerprint density at radius 1 is 0.933 bits per heavy atom. The second-order valence-electron chi connectivity index (χ2n) is 8.97. The minimum atomic E-state index is 0.152. The van der Waals surface area contributed by atoms with E-state index in [0.717, 1.165) is 69.3 Å². The lowest BCUT2D eigenvalue weighted by molar-refractivity contribution is 0.223. The highest BCUT2D eigenvalue weighted by Crippen LogP contribution is 2.26. The maximum atomic E-state index is 13.5. The molecular weight excluding hydrogens is 374 g/mol. The Kier molecular flexibility index (Phi) is 6.82. The van der Waals surface area contributed by atoms with E-state index >= 15 is 0 Å². The Bertz CT molecular complexity index is 908. The van der Waals surface area contributed by atoms with Crippen LogP contribution < -0.4 is 11.4 Å². The number of unbranched alkanes of at least 4 members (excludes halogenated alkanes) is 1. The van der Waals surface area contributed by atoms with Gasteiger partial charge in [-0.15, -0.1) is 0 Å². The summed E-state index contributed by atoms with van der Waals surface area (Å²) in [6, 6.07) is 8.52. The second kappa shape index (κ2) is 9.73. The van der Waals surface area contributed by atoms with Crippen LogP contribution in [0.1, 0.15) is 57.4 Å². The number of likely N-dealkylation sites (tertiary alicyclic amines) is 2. The van der Waals surface area contributed by atoms with Crippen molar-refractivity contribution in [2.75, 3.05) is 32.7 Å². The van der Waals surface area contributed by atoms with E-state index in [1.54, 1.807) is 0 Å². The monoisotopic (exact) mass is 411 g/mol. The average Bonchev–Trinajstić information content (AvgIpc) is 2.90. The van der Waals surface area contributed by atoms with Gasteiger partial charge in [0, 0.05) is 25.7 Å². The lowest BCUT2D eigenvalue weighted by Gasteiger charge is -2.26. The van der Waals surface area contributed by atoms with Crippen molar-refractivity contribution in [3.8, 4) is 0 Å². The molecule has 30 heavy (non-hydrogen) atoms. The van der Waals surface area contributed by atoms with Gasteiger partial charge in [-0.05, 0) is 76.7 Å². The zero-order chi connectivity index (χ0) is 20.9. The molecule has 164 valence electrons. The van der Waals surface area contributed by atoms with Crippen LogP contribution >= 0.6 is 0 Å². The van der Waals surface area contributed by atoms with Crippen molar-refractivity contribution in [3.63, 3.8) is 0 Å². The molecule has 2 saturated heterocycles. The van der Waals surface area contributed by atoms with E-state index in [0.29, 0.717) is 5.82 Å². The maximum Gasteiger partial charge on any atom is 0.329 e. The Hall–Kier alpha value is -2.21. The SMILES string of the molecule is C=C(N)N1CCCC(n2c(=O)n(CCCCN3CCCCC3)c3ccccc32)CC1. The standard InChI is InChI=1S/C24H37N5O/c1-20(25)27-17-9-10-21(13-19-27)29-23-12-4-3-11-22(23)28(24(29)30)18-8-7-16-26-14-5-2-6-15-26/h3-4,11-12,21H,1-2,5-10,13-19,25H2. The molecular formula is C24H37N5O. The Morgan fingerprint density at radius 2 is 1.67 bits per heavy atom. The first kappa shape index (κ1) is 21.0. The summed E-state index contributed by atoms with van der Waals surface area (Å²) in [4.78, 5) is 18.2. The van der Waals surface area contributed by atoms with Crippen LogP contribution in [0.3, 0.4) is 0 Å². The van der Waals surface area contributed by atoms with E-state index in [4.69, 9.17) is 5.73 Å². The summed E-state index contributed by atoms with van der Waals surface area (Å²) in [6.07, 6.45) is 9.23. The summed E-state index contributed by atoms with van der Waals surface area (Å²) >= 11 is 0. The highest BCUT2D eigenvalue weighted by molar-refractivity contribution is 5.76. The van der Waals surface area contributed by atoms with Gasteiger partial charge < -0.3 is 15.5 Å². The van der Waals surface area contributed by atoms with Crippen molar-refractivity contribution >= 4 is 11.0 Å². The van der Waals surface area contributed by atoms with Gasteiger partial charge in [-0.1, -0.05) is 25.1 Å². The summed E-state index contributed by atoms with van der Waals surface area (Å²) < 4.78 is 4.07. The Balaban J connectivity index is 1.48. The van der Waals surface area contributed by atoms with E-state index in [2.05, 4.69) is 33.1 Å². The van der Waals surface area contributed by atoms with E-state index in [-0.39, 0.29) is 11.7 Å². The van der Waals surface area contributed by atoms with Gasteiger partial charge in [-0.2, -0.15) is 0 Å². The first-order chi connectivity index (χ1) is 14.6. The van der Waals surface area contributed by atoms with Crippen molar-refractivity contribution in [2.24, 2.45) is 5.73 Å². The van der Waals surface area contributed by atoms with Gasteiger partial charge in [-0.25, -0.2) is 4.79 Å². The van der Waals surface area contributed by atoms with Gasteiger partial charge in [0.25, 0.3) is 0 Å². The van der Waals surface area contributed by atoms with Gasteiger partial charge in [0.15, 0.2) is 0 Å². The van der Waals surface area contributed by atoms with Crippen LogP contribution in [0.2, 0.25) is 0 Å². The third-order valence-corrected chi connectivity index (χ3v) is 6.89. The Labute approximate surface area is 179 Å². The number of hydrogen-bond acceptors (Lipinski definition) is 4. The summed E-state index contributed by atoms with van der Waals surface area (Å²) in [5.41, 5.74) is 8.22. The van der Waals surface area contributed by atoms with E-state index in [1.165, 1.54) is 32.4 Å². The van der Waals surface area contributed by atoms with Crippen molar-refractivity contribution < 1.29 is 0 Å². The van der Waals surface area contributed by atoms with Gasteiger partial charge in [0.05, 0.1) is 16.9 Å². The van der Waals surface area contributed by atoms with Gasteiger partial charge in [0.1, 0.15) is 0 Å². The molecule has 2 aromatic rings. The number of aryl methyl sites for hydroxylation is 1. The zero-order valence-corrected chi connectivity index (χ0v) is 18.3. The molecule has 2 aliphatic rings. The van der Waals surface area contributed by atoms with Crippen LogP contribution in [0.15, 0.2) is 41.5 Å². The molecule has 2 N–H and O–H groups in total. The predicted octanol–water partition coefficient (Wildman–Crippen LogP) is 3.53. The number of piperidine rings is 1. The van der Waals surface area contributed by atoms with Crippen LogP contribution in [0.4, 0.5) is 0 Å². The fraction of sp³-hybridized carbons (Fsp3) is 0.625. The minimum absolute atomic E-state index is 0.152. The van der Waals surface area contributed by atoms with E-state index in [1.807, 2.05) is 16.7 Å². The topological polar surface area (TPSA) is 59.4 Å². The smallest absolute Gasteiger partial charge is 0.329 e. The van der Waals surface area contributed by atoms with Gasteiger partial charge in [0.2, 0.25) is 0 Å². The molecule has 0 aliphatic carbocycles. The lowest BCUT2D eigenvalue weighted by Crippen LogP contribution is -2.31. The molecule has 1 aromatic heterocycles. The molecule has 2 aliphatic heterocycles. The summed E-state index contributed by atoms with van der Waals surface area (Å²) in [7, 11) is 0. The first-order valence-corrected chi connectivity index (χ1v) is 11.8. The highest BCUT2D eigenvalue weighted by Gasteiger charge is 2.23. The predicted molar refractivity (Wildman–Crippen MR) is 124 cm³/mol. The lowest BCUT2D eigenvalue weighted by atomic mass is 10.1. The zero-order valence-electron chi connectivity index (χ0n) is 18.3. The molecule has 0 amide bonds. The molecule has 3 heterocycles. The number of benzene rings is 1. The van der Waals surface area contributed by atoms with Crippen LogP contribution in [0.25, 0.3) is 11.0 Å². The molecule has 4 rings (SSSR count). The largest absolute Gasteiger partial charge is 0.386 e. The number of rotatable bonds is 7. The number of nitrogens with zero attached hydrogens (tertiary/aromatic N) is 4. The number of imidazole rings is 1. The van der Waals surface area contributed by atoms with Crippen LogP contribution in [-0.2, 0) is 6.54 Å². The number of fused-ring (bicyclic) bond motifs is 1. The molecule has 0 saturated carbocycles. The minimum Gasteiger partial charge on any atom is -0.386 e. The fourth-order valence-corrected chi connectivity index (χ4v) is 5.21. The summed E-state index contributed by atoms with van der Waals surface area (Å²) in [5, 5.41) is 0. The van der Waals surface area contributed by atoms with Crippen LogP contribution in [0.5, 0.6) is 0 Å². The molecule has 6 heteroatoms. The number of nitrogens with two attached hydrogens (primary N) is 1. The van der Waals surface area contributed by atoms with Crippen molar-refractivity contribution in [1.82, 2.24) is 18.9 Å². The molecule has 1 atom stereocenters. The maximum absolute atomic E-state index is 13.5. The second-order valence-corrected chi connectivity index (χ2v) is 8.97. The summed E-state index contributed by atoms with van der Waals surface area (Å²) in [5.74, 6) is 0.638. The third kappa shape index (κ3) is 4.59. The molecule has 0 bridgehead atoms. The molecule has 1 unspecified atom stereocenters. The number of para-hydroxylation sites is 2. The van der Waals surface area contributed by atoms with E-state index in [9.17, 15) is 4.79 Å². The molecule has 0 radical (unpaired) electrons. The molecule has 2 fully saturated rings. The van der Waals surface area contributed by atoms with Crippen molar-refractivity contribution in [1.29, 1.82) is 0 Å². The van der Waals surface area contributed by atoms with Gasteiger partial charge in [-0.3, -0.25) is 9.13 Å². The van der Waals surface area contributed by atoms with Crippen molar-refractivity contribution in [2.45, 2.75) is 64.0 Å². The fourth-order valence-electron chi connectivity index (χ4n) is 5.21. The molecule has 0 spiro atoms. The third-order valence-electron chi connectivity index (χ3n) is 6.89.